The predicted molar refractivity (Wildman–Crippen MR) is 84.2 cm³/mol. The minimum Gasteiger partial charge on any atom is -0.504 e. The van der Waals surface area contributed by atoms with E-state index < -0.39 is 0 Å². The Hall–Kier alpha value is -0.970. The largest absolute Gasteiger partial charge is 0.504 e. The van der Waals surface area contributed by atoms with Crippen LogP contribution in [-0.2, 0) is 6.54 Å². The van der Waals surface area contributed by atoms with Gasteiger partial charge in [0.2, 0.25) is 0 Å². The first-order valence-corrected chi connectivity index (χ1v) is 8.07. The molecule has 2 aliphatic heterocycles. The highest BCUT2D eigenvalue weighted by Gasteiger charge is 2.29. The zero-order valence-corrected chi connectivity index (χ0v) is 13.3. The number of methoxy groups -OCH3 is 1. The van der Waals surface area contributed by atoms with E-state index >= 15 is 0 Å². The Morgan fingerprint density at radius 2 is 2.05 bits per heavy atom. The highest BCUT2D eigenvalue weighted by molar-refractivity contribution is 6.30. The van der Waals surface area contributed by atoms with E-state index in [2.05, 4.69) is 9.80 Å². The number of phenols is 1. The number of hydrogen-bond donors (Lipinski definition) is 1. The SMILES string of the molecule is COc1cc(Cl)cc(CN2CCC(N3CCCC3)C2)c1O. The number of likely N-dealkylation sites (tertiary alicyclic amines) is 2. The quantitative estimate of drug-likeness (QED) is 0.927. The van der Waals surface area contributed by atoms with Gasteiger partial charge in [-0.3, -0.25) is 9.80 Å². The minimum absolute atomic E-state index is 0.214. The normalized spacial score (nSPS) is 23.8. The van der Waals surface area contributed by atoms with Gasteiger partial charge in [-0.1, -0.05) is 11.6 Å². The van der Waals surface area contributed by atoms with Crippen LogP contribution in [0.1, 0.15) is 24.8 Å². The van der Waals surface area contributed by atoms with Crippen LogP contribution >= 0.6 is 11.6 Å². The average Bonchev–Trinajstić information content (AvgIpc) is 3.13. The number of nitrogens with zero attached hydrogens (tertiary/aromatic N) is 2. The molecule has 5 heteroatoms. The van der Waals surface area contributed by atoms with Crippen LogP contribution < -0.4 is 4.74 Å². The van der Waals surface area contributed by atoms with Crippen molar-refractivity contribution in [3.63, 3.8) is 0 Å². The van der Waals surface area contributed by atoms with E-state index in [1.165, 1.54) is 32.4 Å². The van der Waals surface area contributed by atoms with Gasteiger partial charge in [0.25, 0.3) is 0 Å². The maximum atomic E-state index is 10.2. The van der Waals surface area contributed by atoms with Gasteiger partial charge >= 0.3 is 0 Å². The van der Waals surface area contributed by atoms with Crippen LogP contribution in [0.2, 0.25) is 5.02 Å². The number of phenolic OH excluding ortho intramolecular Hbond substituents is 1. The zero-order valence-electron chi connectivity index (χ0n) is 12.5. The molecule has 4 nitrogen and oxygen atoms in total. The Morgan fingerprint density at radius 1 is 1.29 bits per heavy atom. The van der Waals surface area contributed by atoms with Gasteiger partial charge in [-0.25, -0.2) is 0 Å². The monoisotopic (exact) mass is 310 g/mol. The standard InChI is InChI=1S/C16H23ClN2O2/c1-21-15-9-13(17)8-12(16(15)20)10-18-7-4-14(11-18)19-5-2-3-6-19/h8-9,14,20H,2-7,10-11H2,1H3. The molecule has 1 unspecified atom stereocenters. The lowest BCUT2D eigenvalue weighted by atomic mass is 10.1. The van der Waals surface area contributed by atoms with Gasteiger partial charge in [-0.2, -0.15) is 0 Å². The topological polar surface area (TPSA) is 35.9 Å². The summed E-state index contributed by atoms with van der Waals surface area (Å²) >= 11 is 6.10. The second kappa shape index (κ2) is 6.42. The Kier molecular flexibility index (Phi) is 4.57. The Morgan fingerprint density at radius 3 is 2.76 bits per heavy atom. The molecule has 1 aromatic rings. The molecule has 0 aliphatic carbocycles. The van der Waals surface area contributed by atoms with Gasteiger partial charge in [0.1, 0.15) is 0 Å². The fraction of sp³-hybridized carbons (Fsp3) is 0.625. The van der Waals surface area contributed by atoms with Gasteiger partial charge in [-0.15, -0.1) is 0 Å². The third-order valence-corrected chi connectivity index (χ3v) is 4.86. The molecule has 0 bridgehead atoms. The van der Waals surface area contributed by atoms with Crippen molar-refractivity contribution in [1.29, 1.82) is 0 Å². The fourth-order valence-corrected chi connectivity index (χ4v) is 3.74. The number of benzene rings is 1. The van der Waals surface area contributed by atoms with Crippen molar-refractivity contribution >= 4 is 11.6 Å². The molecule has 21 heavy (non-hydrogen) atoms. The summed E-state index contributed by atoms with van der Waals surface area (Å²) in [6.07, 6.45) is 3.89. The number of halogens is 1. The van der Waals surface area contributed by atoms with Crippen LogP contribution in [-0.4, -0.2) is 54.2 Å². The van der Waals surface area contributed by atoms with Gasteiger partial charge in [0, 0.05) is 42.3 Å². The molecule has 0 saturated carbocycles. The number of aromatic hydroxyl groups is 1. The van der Waals surface area contributed by atoms with Crippen molar-refractivity contribution in [2.45, 2.75) is 31.8 Å². The van der Waals surface area contributed by atoms with E-state index in [1.807, 2.05) is 6.07 Å². The molecular weight excluding hydrogens is 288 g/mol. The maximum absolute atomic E-state index is 10.2. The minimum atomic E-state index is 0.214. The third kappa shape index (κ3) is 3.28. The van der Waals surface area contributed by atoms with Crippen LogP contribution in [0.3, 0.4) is 0 Å². The van der Waals surface area contributed by atoms with Gasteiger partial charge in [-0.05, 0) is 38.4 Å². The van der Waals surface area contributed by atoms with Crippen molar-refractivity contribution in [1.82, 2.24) is 9.80 Å². The number of rotatable bonds is 4. The molecule has 0 amide bonds. The van der Waals surface area contributed by atoms with Crippen LogP contribution in [0.25, 0.3) is 0 Å². The van der Waals surface area contributed by atoms with Crippen molar-refractivity contribution in [3.8, 4) is 11.5 Å². The van der Waals surface area contributed by atoms with E-state index in [-0.39, 0.29) is 5.75 Å². The second-order valence-electron chi connectivity index (χ2n) is 6.04. The van der Waals surface area contributed by atoms with E-state index in [1.54, 1.807) is 13.2 Å². The van der Waals surface area contributed by atoms with E-state index in [4.69, 9.17) is 16.3 Å². The zero-order chi connectivity index (χ0) is 14.8. The lowest BCUT2D eigenvalue weighted by Gasteiger charge is -2.24. The van der Waals surface area contributed by atoms with Crippen molar-refractivity contribution in [3.05, 3.63) is 22.7 Å². The van der Waals surface area contributed by atoms with E-state index in [0.717, 1.165) is 25.2 Å². The number of hydrogen-bond acceptors (Lipinski definition) is 4. The molecule has 2 aliphatic rings. The van der Waals surface area contributed by atoms with Crippen molar-refractivity contribution in [2.24, 2.45) is 0 Å². The maximum Gasteiger partial charge on any atom is 0.162 e. The summed E-state index contributed by atoms with van der Waals surface area (Å²) in [5.74, 6) is 0.666. The highest BCUT2D eigenvalue weighted by atomic mass is 35.5. The second-order valence-corrected chi connectivity index (χ2v) is 6.47. The first-order chi connectivity index (χ1) is 10.2. The van der Waals surface area contributed by atoms with E-state index in [9.17, 15) is 5.11 Å². The molecule has 2 fully saturated rings. The molecule has 0 radical (unpaired) electrons. The first-order valence-electron chi connectivity index (χ1n) is 7.69. The summed E-state index contributed by atoms with van der Waals surface area (Å²) in [4.78, 5) is 5.01. The van der Waals surface area contributed by atoms with E-state index in [0.29, 0.717) is 16.8 Å². The molecular formula is C16H23ClN2O2. The summed E-state index contributed by atoms with van der Waals surface area (Å²) in [5, 5.41) is 10.8. The number of ether oxygens (including phenoxy) is 1. The predicted octanol–water partition coefficient (Wildman–Crippen LogP) is 2.72. The van der Waals surface area contributed by atoms with Gasteiger partial charge in [0.05, 0.1) is 7.11 Å². The lowest BCUT2D eigenvalue weighted by molar-refractivity contribution is 0.228. The van der Waals surface area contributed by atoms with Crippen molar-refractivity contribution in [2.75, 3.05) is 33.3 Å². The van der Waals surface area contributed by atoms with Gasteiger partial charge in [0.15, 0.2) is 11.5 Å². The van der Waals surface area contributed by atoms with Crippen molar-refractivity contribution < 1.29 is 9.84 Å². The fourth-order valence-electron chi connectivity index (χ4n) is 3.51. The average molecular weight is 311 g/mol. The summed E-state index contributed by atoms with van der Waals surface area (Å²) in [6.45, 7) is 5.38. The Labute approximate surface area is 131 Å². The summed E-state index contributed by atoms with van der Waals surface area (Å²) in [5.41, 5.74) is 0.849. The van der Waals surface area contributed by atoms with Crippen LogP contribution in [0, 0.1) is 0 Å². The summed E-state index contributed by atoms with van der Waals surface area (Å²) < 4.78 is 5.17. The molecule has 116 valence electrons. The molecule has 1 atom stereocenters. The Balaban J connectivity index is 1.66. The molecule has 1 N–H and O–H groups in total. The lowest BCUT2D eigenvalue weighted by Crippen LogP contribution is -2.35. The molecule has 0 spiro atoms. The molecule has 2 saturated heterocycles. The molecule has 1 aromatic carbocycles. The molecule has 0 aromatic heterocycles. The first kappa shape index (κ1) is 14.9. The summed E-state index contributed by atoms with van der Waals surface area (Å²) in [7, 11) is 1.55. The third-order valence-electron chi connectivity index (χ3n) is 4.64. The van der Waals surface area contributed by atoms with Crippen LogP contribution in [0.15, 0.2) is 12.1 Å². The smallest absolute Gasteiger partial charge is 0.162 e. The van der Waals surface area contributed by atoms with Gasteiger partial charge < -0.3 is 9.84 Å². The summed E-state index contributed by atoms with van der Waals surface area (Å²) in [6, 6.07) is 4.16. The molecule has 2 heterocycles. The van der Waals surface area contributed by atoms with Crippen LogP contribution in [0.5, 0.6) is 11.5 Å². The van der Waals surface area contributed by atoms with Crippen LogP contribution in [0.4, 0.5) is 0 Å². The Bertz CT molecular complexity index is 503. The molecule has 3 rings (SSSR count). The highest BCUT2D eigenvalue weighted by Crippen LogP contribution is 2.35.